The first-order valence-corrected chi connectivity index (χ1v) is 13.0. The van der Waals surface area contributed by atoms with Crippen LogP contribution in [0.2, 0.25) is 5.15 Å². The first-order valence-electron chi connectivity index (χ1n) is 12.7. The van der Waals surface area contributed by atoms with Gasteiger partial charge in [-0.2, -0.15) is 0 Å². The van der Waals surface area contributed by atoms with Gasteiger partial charge in [-0.3, -0.25) is 9.20 Å². The third kappa shape index (κ3) is 3.78. The summed E-state index contributed by atoms with van der Waals surface area (Å²) >= 11 is 6.82. The summed E-state index contributed by atoms with van der Waals surface area (Å²) in [5, 5.41) is 5.13. The monoisotopic (exact) mass is 524 g/mol. The first kappa shape index (κ1) is 22.8. The average molecular weight is 525 g/mol. The number of carbonyl (C=O) groups excluding carboxylic acids is 1. The number of piperidine rings is 1. The molecule has 6 aromatic rings. The largest absolute Gasteiger partial charge is 0.362 e. The number of carbonyl (C=O) groups is 1. The highest BCUT2D eigenvalue weighted by Crippen LogP contribution is 2.35. The molecule has 0 bridgehead atoms. The van der Waals surface area contributed by atoms with Crippen molar-refractivity contribution in [1.82, 2.24) is 34.2 Å². The van der Waals surface area contributed by atoms with Gasteiger partial charge in [0.25, 0.3) is 5.91 Å². The number of imidazole rings is 2. The summed E-state index contributed by atoms with van der Waals surface area (Å²) in [5.74, 6) is 1.49. The number of fused-ring (bicyclic) bond motifs is 3. The van der Waals surface area contributed by atoms with Crippen LogP contribution < -0.4 is 5.32 Å². The maximum Gasteiger partial charge on any atom is 0.254 e. The van der Waals surface area contributed by atoms with E-state index in [9.17, 15) is 4.79 Å². The molecule has 0 radical (unpaired) electrons. The van der Waals surface area contributed by atoms with E-state index in [1.165, 1.54) is 0 Å². The lowest BCUT2D eigenvalue weighted by Gasteiger charge is -2.33. The third-order valence-electron chi connectivity index (χ3n) is 7.22. The maximum absolute atomic E-state index is 13.4. The van der Waals surface area contributed by atoms with Gasteiger partial charge in [0.2, 0.25) is 0 Å². The Bertz CT molecular complexity index is 1830. The predicted molar refractivity (Wildman–Crippen MR) is 149 cm³/mol. The van der Waals surface area contributed by atoms with Crippen molar-refractivity contribution in [2.24, 2.45) is 0 Å². The number of aromatic amines is 2. The summed E-state index contributed by atoms with van der Waals surface area (Å²) in [4.78, 5) is 35.8. The second kappa shape index (κ2) is 8.88. The van der Waals surface area contributed by atoms with E-state index in [1.54, 1.807) is 6.20 Å². The maximum atomic E-state index is 13.4. The molecule has 1 atom stereocenters. The van der Waals surface area contributed by atoms with Gasteiger partial charge in [0.15, 0.2) is 11.5 Å². The molecule has 38 heavy (non-hydrogen) atoms. The van der Waals surface area contributed by atoms with E-state index >= 15 is 0 Å². The standard InChI is InChI=1S/C28H25ClN8O/c1-16-32-22-9-8-17(13-23(22)33-16)28(38)36-11-4-5-18(15-36)34-26-27-30-10-12-37(27)25(29)24(35-26)20-14-31-21-7-3-2-6-19(20)21/h2-3,6-10,12-14,18,31H,4-5,11,15H2,1H3,(H,32,33)(H,34,35). The van der Waals surface area contributed by atoms with Crippen molar-refractivity contribution in [2.45, 2.75) is 25.8 Å². The Balaban J connectivity index is 1.19. The van der Waals surface area contributed by atoms with E-state index in [4.69, 9.17) is 16.6 Å². The molecule has 4 aromatic heterocycles. The lowest BCUT2D eigenvalue weighted by Crippen LogP contribution is -2.45. The smallest absolute Gasteiger partial charge is 0.254 e. The molecule has 0 aliphatic carbocycles. The number of aryl methyl sites for hydroxylation is 1. The van der Waals surface area contributed by atoms with Gasteiger partial charge in [0.1, 0.15) is 16.7 Å². The Hall–Kier alpha value is -4.37. The van der Waals surface area contributed by atoms with Crippen LogP contribution in [0.1, 0.15) is 29.0 Å². The van der Waals surface area contributed by atoms with E-state index in [0.29, 0.717) is 41.0 Å². The zero-order valence-electron chi connectivity index (χ0n) is 20.7. The molecule has 10 heteroatoms. The van der Waals surface area contributed by atoms with Crippen molar-refractivity contribution in [1.29, 1.82) is 0 Å². The topological polar surface area (TPSA) is 107 Å². The van der Waals surface area contributed by atoms with Crippen molar-refractivity contribution >= 4 is 50.9 Å². The molecule has 1 amide bonds. The number of halogens is 1. The van der Waals surface area contributed by atoms with Crippen LogP contribution in [-0.2, 0) is 0 Å². The number of aromatic nitrogens is 6. The van der Waals surface area contributed by atoms with Crippen molar-refractivity contribution in [2.75, 3.05) is 18.4 Å². The lowest BCUT2D eigenvalue weighted by atomic mass is 10.0. The van der Waals surface area contributed by atoms with Gasteiger partial charge < -0.3 is 20.2 Å². The molecule has 5 heterocycles. The highest BCUT2D eigenvalue weighted by Gasteiger charge is 2.27. The zero-order valence-corrected chi connectivity index (χ0v) is 21.5. The van der Waals surface area contributed by atoms with Crippen LogP contribution in [0.4, 0.5) is 5.82 Å². The van der Waals surface area contributed by atoms with E-state index < -0.39 is 0 Å². The second-order valence-electron chi connectivity index (χ2n) is 9.76. The van der Waals surface area contributed by atoms with E-state index in [0.717, 1.165) is 46.2 Å². The number of H-pyrrole nitrogens is 2. The molecule has 0 saturated carbocycles. The summed E-state index contributed by atoms with van der Waals surface area (Å²) in [6.07, 6.45) is 7.30. The van der Waals surface area contributed by atoms with Gasteiger partial charge in [0.05, 0.1) is 11.0 Å². The Labute approximate surface area is 222 Å². The molecule has 2 aromatic carbocycles. The molecular formula is C28H25ClN8O. The molecule has 7 rings (SSSR count). The average Bonchev–Trinajstić information content (AvgIpc) is 3.67. The summed E-state index contributed by atoms with van der Waals surface area (Å²) in [5.41, 5.74) is 5.66. The van der Waals surface area contributed by atoms with Crippen LogP contribution in [0.5, 0.6) is 0 Å². The van der Waals surface area contributed by atoms with E-state index in [2.05, 4.69) is 31.3 Å². The number of hydrogen-bond acceptors (Lipinski definition) is 5. The Morgan fingerprint density at radius 2 is 2.05 bits per heavy atom. The van der Waals surface area contributed by atoms with Crippen LogP contribution in [0.3, 0.4) is 0 Å². The number of likely N-dealkylation sites (tertiary alicyclic amines) is 1. The van der Waals surface area contributed by atoms with E-state index in [-0.39, 0.29) is 11.9 Å². The van der Waals surface area contributed by atoms with Crippen LogP contribution in [0.25, 0.3) is 38.8 Å². The fourth-order valence-corrected chi connectivity index (χ4v) is 5.70. The summed E-state index contributed by atoms with van der Waals surface area (Å²) in [6.45, 7) is 3.19. The molecule has 0 spiro atoms. The highest BCUT2D eigenvalue weighted by atomic mass is 35.5. The van der Waals surface area contributed by atoms with Gasteiger partial charge in [-0.15, -0.1) is 0 Å². The summed E-state index contributed by atoms with van der Waals surface area (Å²) in [6, 6.07) is 13.7. The predicted octanol–water partition coefficient (Wildman–Crippen LogP) is 5.43. The van der Waals surface area contributed by atoms with Crippen molar-refractivity contribution in [3.05, 3.63) is 77.6 Å². The number of benzene rings is 2. The van der Waals surface area contributed by atoms with Gasteiger partial charge in [-0.1, -0.05) is 29.8 Å². The molecule has 1 fully saturated rings. The normalized spacial score (nSPS) is 16.1. The van der Waals surface area contributed by atoms with Crippen LogP contribution in [0.15, 0.2) is 61.1 Å². The number of hydrogen-bond donors (Lipinski definition) is 3. The molecule has 1 unspecified atom stereocenters. The lowest BCUT2D eigenvalue weighted by molar-refractivity contribution is 0.0715. The number of anilines is 1. The van der Waals surface area contributed by atoms with Crippen molar-refractivity contribution in [3.8, 4) is 11.3 Å². The minimum atomic E-state index is 0.0140. The SMILES string of the molecule is Cc1nc2ccc(C(=O)N3CCCC(Nc4nc(-c5c[nH]c6ccccc56)c(Cl)n5ccnc45)C3)cc2[nH]1. The molecule has 1 aliphatic rings. The quantitative estimate of drug-likeness (QED) is 0.285. The molecule has 1 aliphatic heterocycles. The van der Waals surface area contributed by atoms with Gasteiger partial charge in [-0.25, -0.2) is 15.0 Å². The molecule has 1 saturated heterocycles. The molecular weight excluding hydrogens is 500 g/mol. The zero-order chi connectivity index (χ0) is 25.8. The molecule has 9 nitrogen and oxygen atoms in total. The van der Waals surface area contributed by atoms with Crippen LogP contribution >= 0.6 is 11.6 Å². The third-order valence-corrected chi connectivity index (χ3v) is 7.59. The van der Waals surface area contributed by atoms with Crippen molar-refractivity contribution < 1.29 is 4.79 Å². The Kier molecular flexibility index (Phi) is 5.33. The highest BCUT2D eigenvalue weighted by molar-refractivity contribution is 6.32. The van der Waals surface area contributed by atoms with Gasteiger partial charge in [-0.05, 0) is 44.0 Å². The van der Waals surface area contributed by atoms with Crippen LogP contribution in [-0.4, -0.2) is 59.3 Å². The molecule has 3 N–H and O–H groups in total. The number of rotatable bonds is 4. The van der Waals surface area contributed by atoms with Gasteiger partial charge in [0, 0.05) is 59.8 Å². The molecule has 190 valence electrons. The Morgan fingerprint density at radius 1 is 1.16 bits per heavy atom. The number of amides is 1. The second-order valence-corrected chi connectivity index (χ2v) is 10.1. The number of para-hydroxylation sites is 1. The first-order chi connectivity index (χ1) is 18.5. The minimum Gasteiger partial charge on any atom is -0.362 e. The fourth-order valence-electron chi connectivity index (χ4n) is 5.42. The van der Waals surface area contributed by atoms with Crippen LogP contribution in [0, 0.1) is 6.92 Å². The van der Waals surface area contributed by atoms with E-state index in [1.807, 2.05) is 65.0 Å². The number of nitrogens with one attached hydrogen (secondary N) is 3. The fraction of sp³-hybridized carbons (Fsp3) is 0.214. The van der Waals surface area contributed by atoms with Gasteiger partial charge >= 0.3 is 0 Å². The minimum absolute atomic E-state index is 0.0140. The summed E-state index contributed by atoms with van der Waals surface area (Å²) < 4.78 is 1.85. The summed E-state index contributed by atoms with van der Waals surface area (Å²) in [7, 11) is 0. The van der Waals surface area contributed by atoms with Crippen molar-refractivity contribution in [3.63, 3.8) is 0 Å². The number of nitrogens with zero attached hydrogens (tertiary/aromatic N) is 5. The Morgan fingerprint density at radius 3 is 2.97 bits per heavy atom.